The Morgan fingerprint density at radius 2 is 2.36 bits per heavy atom. The Hall–Kier alpha value is -1.42. The van der Waals surface area contributed by atoms with Crippen LogP contribution in [0.5, 0.6) is 5.88 Å². The van der Waals surface area contributed by atoms with Crippen molar-refractivity contribution in [1.82, 2.24) is 4.98 Å². The Labute approximate surface area is 85.3 Å². The molecule has 2 rings (SSSR count). The minimum atomic E-state index is -0.340. The molecule has 2 heterocycles. The number of ether oxygens (including phenoxy) is 1. The van der Waals surface area contributed by atoms with Crippen molar-refractivity contribution >= 4 is 27.4 Å². The fourth-order valence-electron chi connectivity index (χ4n) is 1.30. The highest BCUT2D eigenvalue weighted by atomic mass is 32.1. The molecule has 72 valence electrons. The summed E-state index contributed by atoms with van der Waals surface area (Å²) >= 11 is 1.61. The number of aromatic nitrogens is 1. The van der Waals surface area contributed by atoms with E-state index in [0.717, 1.165) is 15.8 Å². The van der Waals surface area contributed by atoms with Crippen LogP contribution in [0.2, 0.25) is 0 Å². The van der Waals surface area contributed by atoms with Crippen molar-refractivity contribution in [3.63, 3.8) is 0 Å². The van der Waals surface area contributed by atoms with Crippen molar-refractivity contribution < 1.29 is 9.53 Å². The van der Waals surface area contributed by atoms with Gasteiger partial charge in [-0.25, -0.2) is 4.98 Å². The number of carbonyl (C=O) groups excluding carboxylic acids is 1. The molecule has 0 N–H and O–H groups in total. The molecule has 4 heteroatoms. The number of nitrogens with zero attached hydrogens (tertiary/aromatic N) is 1. The number of rotatable bonds is 1. The first-order valence-corrected chi connectivity index (χ1v) is 5.08. The standard InChI is InChI=1S/C10H9NO2S/c1-6-8-3-4-14-9(8)5-10(11-6)13-7(2)12/h3-5H,1-2H3. The van der Waals surface area contributed by atoms with Gasteiger partial charge in [0.1, 0.15) is 0 Å². The summed E-state index contributed by atoms with van der Waals surface area (Å²) in [6.07, 6.45) is 0. The Morgan fingerprint density at radius 1 is 1.57 bits per heavy atom. The number of hydrogen-bond donors (Lipinski definition) is 0. The van der Waals surface area contributed by atoms with Gasteiger partial charge in [0.15, 0.2) is 0 Å². The predicted octanol–water partition coefficient (Wildman–Crippen LogP) is 2.53. The molecule has 0 aliphatic heterocycles. The second-order valence-electron chi connectivity index (χ2n) is 2.97. The average Bonchev–Trinajstić information content (AvgIpc) is 2.50. The fraction of sp³-hybridized carbons (Fsp3) is 0.200. The van der Waals surface area contributed by atoms with E-state index in [1.807, 2.05) is 18.4 Å². The van der Waals surface area contributed by atoms with Crippen molar-refractivity contribution in [2.75, 3.05) is 0 Å². The van der Waals surface area contributed by atoms with Crippen molar-refractivity contribution in [1.29, 1.82) is 0 Å². The van der Waals surface area contributed by atoms with Crippen LogP contribution < -0.4 is 4.74 Å². The summed E-state index contributed by atoms with van der Waals surface area (Å²) in [6.45, 7) is 3.28. The largest absolute Gasteiger partial charge is 0.408 e. The van der Waals surface area contributed by atoms with E-state index in [1.165, 1.54) is 6.92 Å². The van der Waals surface area contributed by atoms with Gasteiger partial charge < -0.3 is 4.74 Å². The van der Waals surface area contributed by atoms with Crippen LogP contribution in [-0.2, 0) is 4.79 Å². The molecule has 0 spiro atoms. The van der Waals surface area contributed by atoms with Crippen LogP contribution >= 0.6 is 11.3 Å². The lowest BCUT2D eigenvalue weighted by Crippen LogP contribution is -2.03. The number of hydrogen-bond acceptors (Lipinski definition) is 4. The number of thiophene rings is 1. The molecule has 0 bridgehead atoms. The first-order valence-electron chi connectivity index (χ1n) is 4.20. The molecular formula is C10H9NO2S. The lowest BCUT2D eigenvalue weighted by molar-refractivity contribution is -0.132. The zero-order valence-electron chi connectivity index (χ0n) is 7.90. The summed E-state index contributed by atoms with van der Waals surface area (Å²) in [5.41, 5.74) is 0.889. The Balaban J connectivity index is 2.53. The number of esters is 1. The number of carbonyl (C=O) groups is 1. The van der Waals surface area contributed by atoms with E-state index >= 15 is 0 Å². The van der Waals surface area contributed by atoms with Gasteiger partial charge in [-0.3, -0.25) is 4.79 Å². The van der Waals surface area contributed by atoms with Gasteiger partial charge in [-0.1, -0.05) is 0 Å². The van der Waals surface area contributed by atoms with Gasteiger partial charge in [0.25, 0.3) is 0 Å². The van der Waals surface area contributed by atoms with Gasteiger partial charge in [-0.2, -0.15) is 0 Å². The first kappa shape index (κ1) is 9.15. The van der Waals surface area contributed by atoms with Crippen LogP contribution in [0.15, 0.2) is 17.5 Å². The Kier molecular flexibility index (Phi) is 2.21. The number of aryl methyl sites for hydroxylation is 1. The second-order valence-corrected chi connectivity index (χ2v) is 3.92. The van der Waals surface area contributed by atoms with Gasteiger partial charge in [0.2, 0.25) is 5.88 Å². The second kappa shape index (κ2) is 3.38. The minimum Gasteiger partial charge on any atom is -0.408 e. The third kappa shape index (κ3) is 1.61. The molecule has 2 aromatic rings. The smallest absolute Gasteiger partial charge is 0.309 e. The number of fused-ring (bicyclic) bond motifs is 1. The maximum Gasteiger partial charge on any atom is 0.309 e. The summed E-state index contributed by atoms with van der Waals surface area (Å²) < 4.78 is 6.02. The van der Waals surface area contributed by atoms with Crippen LogP contribution in [-0.4, -0.2) is 11.0 Å². The first-order chi connectivity index (χ1) is 6.66. The van der Waals surface area contributed by atoms with E-state index in [4.69, 9.17) is 4.74 Å². The SMILES string of the molecule is CC(=O)Oc1cc2sccc2c(C)n1. The van der Waals surface area contributed by atoms with Crippen molar-refractivity contribution in [3.05, 3.63) is 23.2 Å². The molecular weight excluding hydrogens is 198 g/mol. The summed E-state index contributed by atoms with van der Waals surface area (Å²) in [5.74, 6) is 0.0396. The number of pyridine rings is 1. The van der Waals surface area contributed by atoms with E-state index in [0.29, 0.717) is 5.88 Å². The molecule has 0 radical (unpaired) electrons. The molecule has 0 atom stereocenters. The van der Waals surface area contributed by atoms with E-state index in [-0.39, 0.29) is 5.97 Å². The molecule has 0 aliphatic carbocycles. The van der Waals surface area contributed by atoms with Crippen LogP contribution in [0.1, 0.15) is 12.6 Å². The molecule has 3 nitrogen and oxygen atoms in total. The lowest BCUT2D eigenvalue weighted by atomic mass is 10.2. The summed E-state index contributed by atoms with van der Waals surface area (Å²) in [4.78, 5) is 14.9. The Morgan fingerprint density at radius 3 is 3.07 bits per heavy atom. The van der Waals surface area contributed by atoms with Crippen LogP contribution in [0.25, 0.3) is 10.1 Å². The lowest BCUT2D eigenvalue weighted by Gasteiger charge is -2.01. The third-order valence-corrected chi connectivity index (χ3v) is 2.73. The monoisotopic (exact) mass is 207 g/mol. The summed E-state index contributed by atoms with van der Waals surface area (Å²) in [7, 11) is 0. The maximum absolute atomic E-state index is 10.7. The van der Waals surface area contributed by atoms with Gasteiger partial charge in [0, 0.05) is 23.1 Å². The minimum absolute atomic E-state index is 0.340. The average molecular weight is 207 g/mol. The van der Waals surface area contributed by atoms with Crippen molar-refractivity contribution in [3.8, 4) is 5.88 Å². The Bertz CT molecular complexity index is 490. The molecule has 0 aliphatic rings. The third-order valence-electron chi connectivity index (χ3n) is 1.87. The molecule has 0 fully saturated rings. The fourth-order valence-corrected chi connectivity index (χ4v) is 2.16. The van der Waals surface area contributed by atoms with E-state index < -0.39 is 0 Å². The molecule has 0 saturated heterocycles. The highest BCUT2D eigenvalue weighted by Crippen LogP contribution is 2.26. The van der Waals surface area contributed by atoms with E-state index in [9.17, 15) is 4.79 Å². The summed E-state index contributed by atoms with van der Waals surface area (Å²) in [6, 6.07) is 3.80. The summed E-state index contributed by atoms with van der Waals surface area (Å²) in [5, 5.41) is 3.11. The van der Waals surface area contributed by atoms with Crippen molar-refractivity contribution in [2.24, 2.45) is 0 Å². The van der Waals surface area contributed by atoms with Gasteiger partial charge in [-0.05, 0) is 18.4 Å². The highest BCUT2D eigenvalue weighted by molar-refractivity contribution is 7.17. The van der Waals surface area contributed by atoms with E-state index in [1.54, 1.807) is 17.4 Å². The van der Waals surface area contributed by atoms with E-state index in [2.05, 4.69) is 4.98 Å². The molecule has 0 unspecified atom stereocenters. The topological polar surface area (TPSA) is 39.2 Å². The zero-order valence-corrected chi connectivity index (χ0v) is 8.72. The quantitative estimate of drug-likeness (QED) is 0.674. The van der Waals surface area contributed by atoms with Crippen LogP contribution in [0.4, 0.5) is 0 Å². The van der Waals surface area contributed by atoms with Crippen LogP contribution in [0.3, 0.4) is 0 Å². The molecule has 14 heavy (non-hydrogen) atoms. The normalized spacial score (nSPS) is 10.4. The van der Waals surface area contributed by atoms with Gasteiger partial charge in [-0.15, -0.1) is 11.3 Å². The molecule has 0 aromatic carbocycles. The molecule has 0 saturated carbocycles. The predicted molar refractivity (Wildman–Crippen MR) is 55.7 cm³/mol. The molecule has 0 amide bonds. The highest BCUT2D eigenvalue weighted by Gasteiger charge is 2.05. The van der Waals surface area contributed by atoms with Gasteiger partial charge >= 0.3 is 5.97 Å². The van der Waals surface area contributed by atoms with Gasteiger partial charge in [0.05, 0.1) is 5.69 Å². The zero-order chi connectivity index (χ0) is 10.1. The van der Waals surface area contributed by atoms with Crippen molar-refractivity contribution in [2.45, 2.75) is 13.8 Å². The maximum atomic E-state index is 10.7. The molecule has 2 aromatic heterocycles. The van der Waals surface area contributed by atoms with Crippen LogP contribution in [0, 0.1) is 6.92 Å².